The van der Waals surface area contributed by atoms with Crippen molar-refractivity contribution in [1.29, 1.82) is 0 Å². The predicted octanol–water partition coefficient (Wildman–Crippen LogP) is 0.870. The molecule has 0 unspecified atom stereocenters. The molecule has 0 radical (unpaired) electrons. The molecule has 0 saturated heterocycles. The van der Waals surface area contributed by atoms with Gasteiger partial charge in [-0.15, -0.1) is 0 Å². The van der Waals surface area contributed by atoms with Gasteiger partial charge in [-0.3, -0.25) is 15.0 Å². The van der Waals surface area contributed by atoms with Gasteiger partial charge in [-0.25, -0.2) is 0 Å². The van der Waals surface area contributed by atoms with E-state index in [4.69, 9.17) is 0 Å². The molecule has 3 heteroatoms. The summed E-state index contributed by atoms with van der Waals surface area (Å²) in [7, 11) is 0. The van der Waals surface area contributed by atoms with E-state index in [0.29, 0.717) is 6.67 Å². The first-order valence-corrected chi connectivity index (χ1v) is 3.64. The van der Waals surface area contributed by atoms with Crippen LogP contribution in [-0.2, 0) is 0 Å². The SMILES string of the molecule is CC1=CCN=C2C=NCN=C12. The fourth-order valence-corrected chi connectivity index (χ4v) is 1.20. The standard InChI is InChI=1S/C8H9N3/c1-6-2-3-10-7-4-9-5-11-8(6)7/h2,4H,3,5H2,1H3. The van der Waals surface area contributed by atoms with Crippen molar-refractivity contribution in [2.45, 2.75) is 6.92 Å². The Morgan fingerprint density at radius 1 is 1.36 bits per heavy atom. The summed E-state index contributed by atoms with van der Waals surface area (Å²) in [5, 5.41) is 0. The molecule has 0 aliphatic carbocycles. The van der Waals surface area contributed by atoms with Crippen molar-refractivity contribution in [3.8, 4) is 0 Å². The maximum absolute atomic E-state index is 4.26. The van der Waals surface area contributed by atoms with E-state index in [0.717, 1.165) is 18.0 Å². The van der Waals surface area contributed by atoms with Crippen molar-refractivity contribution >= 4 is 17.6 Å². The number of allylic oxidation sites excluding steroid dienone is 1. The lowest BCUT2D eigenvalue weighted by atomic mass is 10.0. The van der Waals surface area contributed by atoms with E-state index in [1.54, 1.807) is 6.21 Å². The van der Waals surface area contributed by atoms with Crippen molar-refractivity contribution in [2.75, 3.05) is 13.2 Å². The summed E-state index contributed by atoms with van der Waals surface area (Å²) < 4.78 is 0. The summed E-state index contributed by atoms with van der Waals surface area (Å²) in [6.45, 7) is 3.39. The number of aliphatic imine (C=N–C) groups is 3. The highest BCUT2D eigenvalue weighted by molar-refractivity contribution is 6.67. The van der Waals surface area contributed by atoms with E-state index in [9.17, 15) is 0 Å². The number of fused-ring (bicyclic) bond motifs is 1. The Bertz CT molecular complexity index is 294. The fourth-order valence-electron chi connectivity index (χ4n) is 1.20. The molecule has 3 nitrogen and oxygen atoms in total. The lowest BCUT2D eigenvalue weighted by Crippen LogP contribution is -2.24. The van der Waals surface area contributed by atoms with Gasteiger partial charge in [0.25, 0.3) is 0 Å². The van der Waals surface area contributed by atoms with Crippen molar-refractivity contribution in [3.05, 3.63) is 11.6 Å². The number of rotatable bonds is 0. The lowest BCUT2D eigenvalue weighted by molar-refractivity contribution is 1.06. The van der Waals surface area contributed by atoms with Gasteiger partial charge in [0.15, 0.2) is 0 Å². The van der Waals surface area contributed by atoms with Crippen LogP contribution in [0.4, 0.5) is 0 Å². The van der Waals surface area contributed by atoms with Crippen LogP contribution in [0.25, 0.3) is 0 Å². The average Bonchev–Trinajstić information content (AvgIpc) is 2.06. The zero-order chi connectivity index (χ0) is 7.68. The van der Waals surface area contributed by atoms with Gasteiger partial charge in [-0.05, 0) is 12.5 Å². The van der Waals surface area contributed by atoms with Crippen molar-refractivity contribution in [1.82, 2.24) is 0 Å². The molecular formula is C8H9N3. The van der Waals surface area contributed by atoms with Crippen LogP contribution < -0.4 is 0 Å². The molecule has 0 N–H and O–H groups in total. The van der Waals surface area contributed by atoms with Crippen LogP contribution in [0.1, 0.15) is 6.92 Å². The zero-order valence-corrected chi connectivity index (χ0v) is 6.41. The van der Waals surface area contributed by atoms with E-state index < -0.39 is 0 Å². The Labute approximate surface area is 65.3 Å². The van der Waals surface area contributed by atoms with E-state index in [1.807, 2.05) is 0 Å². The molecule has 0 atom stereocenters. The van der Waals surface area contributed by atoms with Gasteiger partial charge in [0.05, 0.1) is 18.5 Å². The largest absolute Gasteiger partial charge is 0.277 e. The maximum Gasteiger partial charge on any atom is 0.130 e. The average molecular weight is 147 g/mol. The first-order valence-electron chi connectivity index (χ1n) is 3.64. The summed E-state index contributed by atoms with van der Waals surface area (Å²) in [6.07, 6.45) is 3.89. The van der Waals surface area contributed by atoms with Gasteiger partial charge < -0.3 is 0 Å². The molecular weight excluding hydrogens is 138 g/mol. The predicted molar refractivity (Wildman–Crippen MR) is 46.9 cm³/mol. The Balaban J connectivity index is 2.41. The minimum absolute atomic E-state index is 0.555. The summed E-state index contributed by atoms with van der Waals surface area (Å²) in [4.78, 5) is 12.5. The third-order valence-corrected chi connectivity index (χ3v) is 1.80. The third-order valence-electron chi connectivity index (χ3n) is 1.80. The van der Waals surface area contributed by atoms with Crippen molar-refractivity contribution in [2.24, 2.45) is 15.0 Å². The Kier molecular flexibility index (Phi) is 1.42. The van der Waals surface area contributed by atoms with Crippen LogP contribution in [-0.4, -0.2) is 30.9 Å². The van der Waals surface area contributed by atoms with Gasteiger partial charge in [0, 0.05) is 0 Å². The molecule has 0 saturated carbocycles. The van der Waals surface area contributed by atoms with Gasteiger partial charge >= 0.3 is 0 Å². The molecule has 0 bridgehead atoms. The molecule has 2 aliphatic heterocycles. The summed E-state index contributed by atoms with van der Waals surface area (Å²) in [5.74, 6) is 0. The molecule has 56 valence electrons. The molecule has 0 aromatic heterocycles. The number of dihydropyridines is 1. The monoisotopic (exact) mass is 147 g/mol. The summed E-state index contributed by atoms with van der Waals surface area (Å²) in [5.41, 5.74) is 3.18. The Morgan fingerprint density at radius 2 is 2.27 bits per heavy atom. The van der Waals surface area contributed by atoms with Crippen LogP contribution in [0, 0.1) is 0 Å². The maximum atomic E-state index is 4.26. The van der Waals surface area contributed by atoms with Gasteiger partial charge in [0.1, 0.15) is 12.4 Å². The number of hydrogen-bond acceptors (Lipinski definition) is 3. The molecule has 2 aliphatic rings. The number of nitrogens with zero attached hydrogens (tertiary/aromatic N) is 3. The second kappa shape index (κ2) is 2.42. The minimum Gasteiger partial charge on any atom is -0.277 e. The molecule has 2 heterocycles. The van der Waals surface area contributed by atoms with Crippen LogP contribution in [0.2, 0.25) is 0 Å². The van der Waals surface area contributed by atoms with Gasteiger partial charge in [0.2, 0.25) is 0 Å². The highest BCUT2D eigenvalue weighted by Crippen LogP contribution is 2.07. The summed E-state index contributed by atoms with van der Waals surface area (Å²) in [6, 6.07) is 0. The van der Waals surface area contributed by atoms with Crippen molar-refractivity contribution < 1.29 is 0 Å². The van der Waals surface area contributed by atoms with E-state index in [1.165, 1.54) is 5.57 Å². The third kappa shape index (κ3) is 1.02. The second-order valence-corrected chi connectivity index (χ2v) is 2.57. The molecule has 0 aromatic carbocycles. The first-order chi connectivity index (χ1) is 5.38. The quantitative estimate of drug-likeness (QED) is 0.487. The van der Waals surface area contributed by atoms with E-state index >= 15 is 0 Å². The number of hydrogen-bond donors (Lipinski definition) is 0. The van der Waals surface area contributed by atoms with Gasteiger partial charge in [-0.2, -0.15) is 0 Å². The van der Waals surface area contributed by atoms with Crippen LogP contribution in [0.15, 0.2) is 26.6 Å². The van der Waals surface area contributed by atoms with Crippen LogP contribution in [0.5, 0.6) is 0 Å². The highest BCUT2D eigenvalue weighted by atomic mass is 15.0. The minimum atomic E-state index is 0.555. The Hall–Kier alpha value is -1.25. The molecule has 0 spiro atoms. The van der Waals surface area contributed by atoms with Gasteiger partial charge in [-0.1, -0.05) is 6.08 Å². The fraction of sp³-hybridized carbons (Fsp3) is 0.375. The topological polar surface area (TPSA) is 37.1 Å². The lowest BCUT2D eigenvalue weighted by Gasteiger charge is -2.13. The van der Waals surface area contributed by atoms with E-state index in [2.05, 4.69) is 28.0 Å². The molecule has 0 amide bonds. The molecule has 0 fully saturated rings. The smallest absolute Gasteiger partial charge is 0.130 e. The van der Waals surface area contributed by atoms with Crippen molar-refractivity contribution in [3.63, 3.8) is 0 Å². The molecule has 2 rings (SSSR count). The van der Waals surface area contributed by atoms with Crippen LogP contribution >= 0.6 is 0 Å². The zero-order valence-electron chi connectivity index (χ0n) is 6.41. The second-order valence-electron chi connectivity index (χ2n) is 2.57. The van der Waals surface area contributed by atoms with Crippen LogP contribution in [0.3, 0.4) is 0 Å². The Morgan fingerprint density at radius 3 is 3.09 bits per heavy atom. The van der Waals surface area contributed by atoms with E-state index in [-0.39, 0.29) is 0 Å². The molecule has 0 aromatic rings. The first kappa shape index (κ1) is 6.46. The normalized spacial score (nSPS) is 21.7. The summed E-state index contributed by atoms with van der Waals surface area (Å²) >= 11 is 0. The molecule has 11 heavy (non-hydrogen) atoms. The highest BCUT2D eigenvalue weighted by Gasteiger charge is 2.13.